The number of para-hydroxylation sites is 1. The minimum atomic E-state index is -0.597. The number of carbonyl (C=O) groups is 2. The SMILES string of the molecule is C[C@@H](NC(=O)c1ccc(Cl)cc1)C(=O)N1CCc2[nH]c3ccccc3c2C1. The minimum Gasteiger partial charge on any atom is -0.358 e. The molecule has 1 aliphatic rings. The smallest absolute Gasteiger partial charge is 0.251 e. The molecule has 0 spiro atoms. The van der Waals surface area contributed by atoms with Gasteiger partial charge in [0.2, 0.25) is 5.91 Å². The predicted molar refractivity (Wildman–Crippen MR) is 106 cm³/mol. The van der Waals surface area contributed by atoms with Gasteiger partial charge < -0.3 is 15.2 Å². The first-order valence-electron chi connectivity index (χ1n) is 8.96. The van der Waals surface area contributed by atoms with Crippen molar-refractivity contribution in [3.63, 3.8) is 0 Å². The van der Waals surface area contributed by atoms with Gasteiger partial charge in [0, 0.05) is 52.3 Å². The van der Waals surface area contributed by atoms with E-state index >= 15 is 0 Å². The molecular weight excluding hydrogens is 362 g/mol. The van der Waals surface area contributed by atoms with Crippen LogP contribution in [0.2, 0.25) is 5.02 Å². The molecule has 1 atom stereocenters. The van der Waals surface area contributed by atoms with Gasteiger partial charge in [-0.3, -0.25) is 9.59 Å². The number of hydrogen-bond acceptors (Lipinski definition) is 2. The first-order chi connectivity index (χ1) is 13.0. The van der Waals surface area contributed by atoms with E-state index in [-0.39, 0.29) is 11.8 Å². The second-order valence-electron chi connectivity index (χ2n) is 6.84. The molecular formula is C21H20ClN3O2. The lowest BCUT2D eigenvalue weighted by Crippen LogP contribution is -2.48. The van der Waals surface area contributed by atoms with Crippen molar-refractivity contribution in [2.75, 3.05) is 6.54 Å². The molecule has 2 aromatic carbocycles. The fraction of sp³-hybridized carbons (Fsp3) is 0.238. The van der Waals surface area contributed by atoms with Crippen molar-refractivity contribution in [2.24, 2.45) is 0 Å². The molecule has 27 heavy (non-hydrogen) atoms. The molecule has 5 nitrogen and oxygen atoms in total. The van der Waals surface area contributed by atoms with Crippen molar-refractivity contribution in [3.05, 3.63) is 70.4 Å². The number of amides is 2. The Morgan fingerprint density at radius 2 is 1.89 bits per heavy atom. The largest absolute Gasteiger partial charge is 0.358 e. The standard InChI is InChI=1S/C21H20ClN3O2/c1-13(23-20(26)14-6-8-15(22)9-7-14)21(27)25-11-10-19-17(12-25)16-4-2-3-5-18(16)24-19/h2-9,13,24H,10-12H2,1H3,(H,23,26)/t13-/m1/s1. The van der Waals surface area contributed by atoms with Crippen LogP contribution in [0.15, 0.2) is 48.5 Å². The highest BCUT2D eigenvalue weighted by atomic mass is 35.5. The quantitative estimate of drug-likeness (QED) is 0.729. The van der Waals surface area contributed by atoms with Gasteiger partial charge in [-0.25, -0.2) is 0 Å². The zero-order valence-electron chi connectivity index (χ0n) is 15.0. The third-order valence-electron chi connectivity index (χ3n) is 5.02. The summed E-state index contributed by atoms with van der Waals surface area (Å²) in [5, 5.41) is 4.51. The van der Waals surface area contributed by atoms with Crippen LogP contribution in [-0.2, 0) is 17.8 Å². The molecule has 0 bridgehead atoms. The normalized spacial score (nSPS) is 14.7. The Hall–Kier alpha value is -2.79. The summed E-state index contributed by atoms with van der Waals surface area (Å²) in [6.45, 7) is 2.92. The number of fused-ring (bicyclic) bond motifs is 3. The molecule has 0 saturated heterocycles. The molecule has 2 N–H and O–H groups in total. The molecule has 2 heterocycles. The van der Waals surface area contributed by atoms with E-state index in [0.29, 0.717) is 23.7 Å². The number of rotatable bonds is 3. The van der Waals surface area contributed by atoms with E-state index in [0.717, 1.165) is 17.3 Å². The van der Waals surface area contributed by atoms with Crippen LogP contribution in [0, 0.1) is 0 Å². The number of aromatic nitrogens is 1. The lowest BCUT2D eigenvalue weighted by atomic mass is 10.0. The maximum Gasteiger partial charge on any atom is 0.251 e. The van der Waals surface area contributed by atoms with Crippen LogP contribution in [0.4, 0.5) is 0 Å². The van der Waals surface area contributed by atoms with E-state index in [2.05, 4.69) is 22.4 Å². The highest BCUT2D eigenvalue weighted by Crippen LogP contribution is 2.27. The lowest BCUT2D eigenvalue weighted by Gasteiger charge is -2.30. The summed E-state index contributed by atoms with van der Waals surface area (Å²) in [5.41, 5.74) is 3.94. The summed E-state index contributed by atoms with van der Waals surface area (Å²) < 4.78 is 0. The van der Waals surface area contributed by atoms with Gasteiger partial charge in [0.05, 0.1) is 0 Å². The van der Waals surface area contributed by atoms with Crippen LogP contribution in [0.5, 0.6) is 0 Å². The Kier molecular flexibility index (Phi) is 4.62. The Bertz CT molecular complexity index is 1010. The van der Waals surface area contributed by atoms with Gasteiger partial charge in [-0.05, 0) is 37.3 Å². The Morgan fingerprint density at radius 1 is 1.15 bits per heavy atom. The number of nitrogens with zero attached hydrogens (tertiary/aromatic N) is 1. The third kappa shape index (κ3) is 3.43. The van der Waals surface area contributed by atoms with Crippen molar-refractivity contribution in [2.45, 2.75) is 25.9 Å². The molecule has 0 saturated carbocycles. The van der Waals surface area contributed by atoms with Gasteiger partial charge in [0.1, 0.15) is 6.04 Å². The van der Waals surface area contributed by atoms with Gasteiger partial charge in [-0.2, -0.15) is 0 Å². The Morgan fingerprint density at radius 3 is 2.67 bits per heavy atom. The molecule has 2 amide bonds. The molecule has 6 heteroatoms. The van der Waals surface area contributed by atoms with E-state index in [1.165, 1.54) is 11.3 Å². The number of aromatic amines is 1. The number of benzene rings is 2. The molecule has 0 radical (unpaired) electrons. The summed E-state index contributed by atoms with van der Waals surface area (Å²) >= 11 is 5.85. The van der Waals surface area contributed by atoms with Gasteiger partial charge in [-0.15, -0.1) is 0 Å². The zero-order chi connectivity index (χ0) is 19.0. The number of H-pyrrole nitrogens is 1. The van der Waals surface area contributed by atoms with Gasteiger partial charge in [-0.1, -0.05) is 29.8 Å². The zero-order valence-corrected chi connectivity index (χ0v) is 15.7. The fourth-order valence-electron chi connectivity index (χ4n) is 3.57. The van der Waals surface area contributed by atoms with Gasteiger partial charge in [0.25, 0.3) is 5.91 Å². The Balaban J connectivity index is 1.46. The van der Waals surface area contributed by atoms with Crippen molar-refractivity contribution >= 4 is 34.3 Å². The highest BCUT2D eigenvalue weighted by Gasteiger charge is 2.27. The number of carbonyl (C=O) groups excluding carboxylic acids is 2. The van der Waals surface area contributed by atoms with E-state index in [9.17, 15) is 9.59 Å². The molecule has 0 unspecified atom stereocenters. The summed E-state index contributed by atoms with van der Waals surface area (Å²) in [6, 6.07) is 14.1. The van der Waals surface area contributed by atoms with Crippen molar-refractivity contribution in [1.29, 1.82) is 0 Å². The summed E-state index contributed by atoms with van der Waals surface area (Å²) in [5.74, 6) is -0.356. The van der Waals surface area contributed by atoms with Crippen LogP contribution in [0.25, 0.3) is 10.9 Å². The number of halogens is 1. The maximum atomic E-state index is 12.9. The van der Waals surface area contributed by atoms with Crippen LogP contribution in [-0.4, -0.2) is 34.3 Å². The average molecular weight is 382 g/mol. The molecule has 1 aromatic heterocycles. The van der Waals surface area contributed by atoms with Crippen molar-refractivity contribution in [3.8, 4) is 0 Å². The second-order valence-corrected chi connectivity index (χ2v) is 7.28. The lowest BCUT2D eigenvalue weighted by molar-refractivity contribution is -0.133. The first kappa shape index (κ1) is 17.6. The molecule has 3 aromatic rings. The number of nitrogens with one attached hydrogen (secondary N) is 2. The third-order valence-corrected chi connectivity index (χ3v) is 5.27. The maximum absolute atomic E-state index is 12.9. The number of hydrogen-bond donors (Lipinski definition) is 2. The predicted octanol–water partition coefficient (Wildman–Crippen LogP) is 3.52. The molecule has 0 aliphatic carbocycles. The van der Waals surface area contributed by atoms with E-state index in [4.69, 9.17) is 11.6 Å². The van der Waals surface area contributed by atoms with E-state index in [1.54, 1.807) is 31.2 Å². The van der Waals surface area contributed by atoms with E-state index < -0.39 is 6.04 Å². The van der Waals surface area contributed by atoms with E-state index in [1.807, 2.05) is 17.0 Å². The summed E-state index contributed by atoms with van der Waals surface area (Å²) in [7, 11) is 0. The highest BCUT2D eigenvalue weighted by molar-refractivity contribution is 6.30. The Labute approximate surface area is 162 Å². The molecule has 1 aliphatic heterocycles. The molecule has 138 valence electrons. The summed E-state index contributed by atoms with van der Waals surface area (Å²) in [4.78, 5) is 30.5. The van der Waals surface area contributed by atoms with Crippen molar-refractivity contribution < 1.29 is 9.59 Å². The van der Waals surface area contributed by atoms with Crippen LogP contribution < -0.4 is 5.32 Å². The van der Waals surface area contributed by atoms with Gasteiger partial charge >= 0.3 is 0 Å². The molecule has 4 rings (SSSR count). The minimum absolute atomic E-state index is 0.0757. The first-order valence-corrected chi connectivity index (χ1v) is 9.34. The van der Waals surface area contributed by atoms with Crippen molar-refractivity contribution in [1.82, 2.24) is 15.2 Å². The monoisotopic (exact) mass is 381 g/mol. The van der Waals surface area contributed by atoms with Crippen LogP contribution in [0.3, 0.4) is 0 Å². The summed E-state index contributed by atoms with van der Waals surface area (Å²) in [6.07, 6.45) is 0.785. The fourth-order valence-corrected chi connectivity index (χ4v) is 3.70. The second kappa shape index (κ2) is 7.08. The molecule has 0 fully saturated rings. The van der Waals surface area contributed by atoms with Crippen LogP contribution in [0.1, 0.15) is 28.5 Å². The van der Waals surface area contributed by atoms with Gasteiger partial charge in [0.15, 0.2) is 0 Å². The average Bonchev–Trinajstić information content (AvgIpc) is 3.05. The van der Waals surface area contributed by atoms with Crippen LogP contribution >= 0.6 is 11.6 Å². The topological polar surface area (TPSA) is 65.2 Å².